The Morgan fingerprint density at radius 3 is 2.73 bits per heavy atom. The molecule has 1 atom stereocenters. The van der Waals surface area contributed by atoms with Crippen LogP contribution < -0.4 is 4.74 Å². The largest absolute Gasteiger partial charge is 0.489 e. The van der Waals surface area contributed by atoms with Gasteiger partial charge in [-0.05, 0) is 54.4 Å². The highest BCUT2D eigenvalue weighted by Crippen LogP contribution is 2.27. The molecule has 0 amide bonds. The highest BCUT2D eigenvalue weighted by Gasteiger charge is 2.09. The Morgan fingerprint density at radius 1 is 1.53 bits per heavy atom. The molecule has 0 saturated carbocycles. The van der Waals surface area contributed by atoms with Crippen molar-refractivity contribution in [2.24, 2.45) is 0 Å². The molecule has 0 aliphatic rings. The van der Waals surface area contributed by atoms with Gasteiger partial charge in [0.05, 0.1) is 4.47 Å². The van der Waals surface area contributed by atoms with Gasteiger partial charge in [0.25, 0.3) is 0 Å². The fourth-order valence-corrected chi connectivity index (χ4v) is 1.95. The third-order valence-corrected chi connectivity index (χ3v) is 2.61. The van der Waals surface area contributed by atoms with Crippen LogP contribution in [0.4, 0.5) is 0 Å². The molecule has 0 saturated heterocycles. The number of aryl methyl sites for hydroxylation is 1. The summed E-state index contributed by atoms with van der Waals surface area (Å²) in [5, 5.41) is 0. The molecule has 3 heteroatoms. The smallest absolute Gasteiger partial charge is 0.133 e. The molecule has 15 heavy (non-hydrogen) atoms. The predicted molar refractivity (Wildman–Crippen MR) is 64.3 cm³/mol. The zero-order valence-electron chi connectivity index (χ0n) is 9.21. The Labute approximate surface area is 98.8 Å². The SMILES string of the molecule is CC(=O)CC(C)Oc1ccc(C)cc1Br. The molecule has 1 aromatic carbocycles. The molecule has 0 aliphatic carbocycles. The summed E-state index contributed by atoms with van der Waals surface area (Å²) in [7, 11) is 0. The average molecular weight is 271 g/mol. The lowest BCUT2D eigenvalue weighted by molar-refractivity contribution is -0.118. The van der Waals surface area contributed by atoms with E-state index in [4.69, 9.17) is 4.74 Å². The van der Waals surface area contributed by atoms with Crippen LogP contribution in [0.2, 0.25) is 0 Å². The van der Waals surface area contributed by atoms with Gasteiger partial charge >= 0.3 is 0 Å². The summed E-state index contributed by atoms with van der Waals surface area (Å²) >= 11 is 3.43. The van der Waals surface area contributed by atoms with Crippen LogP contribution in [0.25, 0.3) is 0 Å². The van der Waals surface area contributed by atoms with Gasteiger partial charge in [0, 0.05) is 6.42 Å². The summed E-state index contributed by atoms with van der Waals surface area (Å²) in [5.74, 6) is 0.931. The first-order valence-corrected chi connectivity index (χ1v) is 5.70. The summed E-state index contributed by atoms with van der Waals surface area (Å²) in [6, 6.07) is 5.90. The van der Waals surface area contributed by atoms with Crippen molar-refractivity contribution in [3.8, 4) is 5.75 Å². The number of ketones is 1. The number of ether oxygens (including phenoxy) is 1. The van der Waals surface area contributed by atoms with Crippen molar-refractivity contribution in [2.45, 2.75) is 33.3 Å². The van der Waals surface area contributed by atoms with E-state index in [1.165, 1.54) is 5.56 Å². The molecule has 82 valence electrons. The lowest BCUT2D eigenvalue weighted by Crippen LogP contribution is -2.15. The summed E-state index contributed by atoms with van der Waals surface area (Å²) in [6.45, 7) is 5.49. The molecule has 0 aromatic heterocycles. The van der Waals surface area contributed by atoms with E-state index < -0.39 is 0 Å². The number of carbonyl (C=O) groups excluding carboxylic acids is 1. The molecular weight excluding hydrogens is 256 g/mol. The van der Waals surface area contributed by atoms with Crippen LogP contribution >= 0.6 is 15.9 Å². The van der Waals surface area contributed by atoms with E-state index in [-0.39, 0.29) is 11.9 Å². The van der Waals surface area contributed by atoms with Crippen molar-refractivity contribution in [1.82, 2.24) is 0 Å². The van der Waals surface area contributed by atoms with Crippen molar-refractivity contribution in [1.29, 1.82) is 0 Å². The molecular formula is C12H15BrO2. The van der Waals surface area contributed by atoms with Crippen LogP contribution in [0, 0.1) is 6.92 Å². The van der Waals surface area contributed by atoms with Crippen LogP contribution in [0.5, 0.6) is 5.75 Å². The Hall–Kier alpha value is -0.830. The highest BCUT2D eigenvalue weighted by molar-refractivity contribution is 9.10. The third kappa shape index (κ3) is 4.04. The van der Waals surface area contributed by atoms with E-state index in [2.05, 4.69) is 15.9 Å². The Balaban J connectivity index is 2.68. The first-order chi connectivity index (χ1) is 6.99. The molecule has 0 aliphatic heterocycles. The van der Waals surface area contributed by atoms with Crippen molar-refractivity contribution in [2.75, 3.05) is 0 Å². The number of rotatable bonds is 4. The maximum atomic E-state index is 10.9. The minimum absolute atomic E-state index is 0.0819. The van der Waals surface area contributed by atoms with Crippen LogP contribution in [-0.2, 0) is 4.79 Å². The summed E-state index contributed by atoms with van der Waals surface area (Å²) < 4.78 is 6.57. The Kier molecular flexibility index (Phi) is 4.33. The number of carbonyl (C=O) groups is 1. The molecule has 0 fully saturated rings. The van der Waals surface area contributed by atoms with Gasteiger partial charge in [-0.2, -0.15) is 0 Å². The molecule has 2 nitrogen and oxygen atoms in total. The van der Waals surface area contributed by atoms with Gasteiger partial charge in [0.2, 0.25) is 0 Å². The number of hydrogen-bond acceptors (Lipinski definition) is 2. The molecule has 0 spiro atoms. The molecule has 1 unspecified atom stereocenters. The molecule has 0 N–H and O–H groups in total. The van der Waals surface area contributed by atoms with Gasteiger partial charge in [-0.15, -0.1) is 0 Å². The molecule has 0 radical (unpaired) electrons. The number of benzene rings is 1. The van der Waals surface area contributed by atoms with E-state index >= 15 is 0 Å². The standard InChI is InChI=1S/C12H15BrO2/c1-8-4-5-12(11(13)6-8)15-10(3)7-9(2)14/h4-6,10H,7H2,1-3H3. The number of hydrogen-bond donors (Lipinski definition) is 0. The van der Waals surface area contributed by atoms with E-state index in [1.807, 2.05) is 32.0 Å². The fraction of sp³-hybridized carbons (Fsp3) is 0.417. The maximum Gasteiger partial charge on any atom is 0.133 e. The first-order valence-electron chi connectivity index (χ1n) is 4.91. The Morgan fingerprint density at radius 2 is 2.20 bits per heavy atom. The summed E-state index contributed by atoms with van der Waals surface area (Å²) in [5.41, 5.74) is 1.17. The lowest BCUT2D eigenvalue weighted by Gasteiger charge is -2.14. The molecule has 0 bridgehead atoms. The number of halogens is 1. The first kappa shape index (κ1) is 12.2. The zero-order valence-corrected chi connectivity index (χ0v) is 10.8. The minimum Gasteiger partial charge on any atom is -0.489 e. The van der Waals surface area contributed by atoms with Gasteiger partial charge in [-0.3, -0.25) is 4.79 Å². The zero-order chi connectivity index (χ0) is 11.4. The molecule has 1 rings (SSSR count). The van der Waals surface area contributed by atoms with Crippen LogP contribution in [0.3, 0.4) is 0 Å². The van der Waals surface area contributed by atoms with Gasteiger partial charge in [-0.25, -0.2) is 0 Å². The quantitative estimate of drug-likeness (QED) is 0.837. The topological polar surface area (TPSA) is 26.3 Å². The van der Waals surface area contributed by atoms with Crippen molar-refractivity contribution in [3.63, 3.8) is 0 Å². The van der Waals surface area contributed by atoms with E-state index in [9.17, 15) is 4.79 Å². The van der Waals surface area contributed by atoms with E-state index in [0.29, 0.717) is 6.42 Å². The van der Waals surface area contributed by atoms with Gasteiger partial charge < -0.3 is 4.74 Å². The van der Waals surface area contributed by atoms with E-state index in [1.54, 1.807) is 6.92 Å². The van der Waals surface area contributed by atoms with Crippen LogP contribution in [-0.4, -0.2) is 11.9 Å². The third-order valence-electron chi connectivity index (χ3n) is 1.99. The average Bonchev–Trinajstić information content (AvgIpc) is 2.08. The number of Topliss-reactive ketones (excluding diaryl/α,β-unsaturated/α-hetero) is 1. The van der Waals surface area contributed by atoms with Crippen LogP contribution in [0.15, 0.2) is 22.7 Å². The van der Waals surface area contributed by atoms with E-state index in [0.717, 1.165) is 10.2 Å². The lowest BCUT2D eigenvalue weighted by atomic mass is 10.2. The van der Waals surface area contributed by atoms with Crippen molar-refractivity contribution < 1.29 is 9.53 Å². The van der Waals surface area contributed by atoms with Gasteiger partial charge in [-0.1, -0.05) is 6.07 Å². The predicted octanol–water partition coefficient (Wildman–Crippen LogP) is 3.50. The minimum atomic E-state index is -0.0819. The van der Waals surface area contributed by atoms with Gasteiger partial charge in [0.15, 0.2) is 0 Å². The molecule has 1 aromatic rings. The van der Waals surface area contributed by atoms with Crippen molar-refractivity contribution >= 4 is 21.7 Å². The normalized spacial score (nSPS) is 12.3. The Bertz CT molecular complexity index is 361. The monoisotopic (exact) mass is 270 g/mol. The van der Waals surface area contributed by atoms with Crippen molar-refractivity contribution in [3.05, 3.63) is 28.2 Å². The second-order valence-electron chi connectivity index (χ2n) is 3.77. The highest BCUT2D eigenvalue weighted by atomic mass is 79.9. The molecule has 0 heterocycles. The van der Waals surface area contributed by atoms with Gasteiger partial charge in [0.1, 0.15) is 17.6 Å². The summed E-state index contributed by atoms with van der Waals surface area (Å²) in [4.78, 5) is 10.9. The van der Waals surface area contributed by atoms with Crippen LogP contribution in [0.1, 0.15) is 25.8 Å². The second-order valence-corrected chi connectivity index (χ2v) is 4.62. The summed E-state index contributed by atoms with van der Waals surface area (Å²) in [6.07, 6.45) is 0.363. The fourth-order valence-electron chi connectivity index (χ4n) is 1.36. The second kappa shape index (κ2) is 5.31. The maximum absolute atomic E-state index is 10.9.